The minimum absolute atomic E-state index is 0.0453. The van der Waals surface area contributed by atoms with E-state index in [1.54, 1.807) is 12.1 Å². The smallest absolute Gasteiger partial charge is 0.170 e. The Balaban J connectivity index is 2.08. The third-order valence-corrected chi connectivity index (χ3v) is 2.70. The lowest BCUT2D eigenvalue weighted by Gasteiger charge is -2.23. The summed E-state index contributed by atoms with van der Waals surface area (Å²) in [5, 5.41) is 18.6. The quantitative estimate of drug-likeness (QED) is 0.806. The van der Waals surface area contributed by atoms with Crippen molar-refractivity contribution in [2.75, 3.05) is 13.2 Å². The molecule has 2 atom stereocenters. The summed E-state index contributed by atoms with van der Waals surface area (Å²) in [6.07, 6.45) is 0.201. The molecule has 88 valence electrons. The second-order valence-electron chi connectivity index (χ2n) is 4.17. The molecule has 1 aromatic rings. The van der Waals surface area contributed by atoms with E-state index in [2.05, 4.69) is 0 Å². The second-order valence-corrected chi connectivity index (χ2v) is 4.17. The molecule has 1 aromatic carbocycles. The number of phenolic OH excluding ortho intramolecular Hbond substituents is 1. The molecule has 0 saturated carbocycles. The van der Waals surface area contributed by atoms with Crippen LogP contribution in [0.3, 0.4) is 0 Å². The van der Waals surface area contributed by atoms with Gasteiger partial charge in [0.25, 0.3) is 0 Å². The fourth-order valence-electron chi connectivity index (χ4n) is 1.88. The van der Waals surface area contributed by atoms with Crippen molar-refractivity contribution in [2.24, 2.45) is 0 Å². The van der Waals surface area contributed by atoms with Crippen LogP contribution in [0.4, 0.5) is 0 Å². The molecule has 4 nitrogen and oxygen atoms in total. The highest BCUT2D eigenvalue weighted by Gasteiger charge is 2.37. The zero-order valence-electron chi connectivity index (χ0n) is 9.22. The number of ether oxygens (including phenoxy) is 2. The van der Waals surface area contributed by atoms with Gasteiger partial charge in [-0.1, -0.05) is 18.2 Å². The second kappa shape index (κ2) is 4.41. The van der Waals surface area contributed by atoms with Crippen molar-refractivity contribution in [1.29, 1.82) is 0 Å². The van der Waals surface area contributed by atoms with Crippen LogP contribution in [0.25, 0.3) is 0 Å². The molecule has 1 heterocycles. The summed E-state index contributed by atoms with van der Waals surface area (Å²) in [4.78, 5) is 0. The van der Waals surface area contributed by atoms with Crippen molar-refractivity contribution in [2.45, 2.75) is 25.2 Å². The third kappa shape index (κ3) is 2.35. The highest BCUT2D eigenvalue weighted by atomic mass is 16.7. The van der Waals surface area contributed by atoms with Crippen molar-refractivity contribution in [3.63, 3.8) is 0 Å². The highest BCUT2D eigenvalue weighted by Crippen LogP contribution is 2.30. The van der Waals surface area contributed by atoms with Gasteiger partial charge in [-0.25, -0.2) is 0 Å². The van der Waals surface area contributed by atoms with Gasteiger partial charge < -0.3 is 19.7 Å². The number of hydrogen-bond donors (Lipinski definition) is 2. The number of phenols is 1. The van der Waals surface area contributed by atoms with Crippen LogP contribution in [0.15, 0.2) is 24.3 Å². The van der Waals surface area contributed by atoms with Gasteiger partial charge in [-0.2, -0.15) is 0 Å². The Morgan fingerprint density at radius 2 is 2.19 bits per heavy atom. The molecule has 16 heavy (non-hydrogen) atoms. The van der Waals surface area contributed by atoms with E-state index >= 15 is 0 Å². The van der Waals surface area contributed by atoms with Crippen LogP contribution in [-0.4, -0.2) is 35.3 Å². The lowest BCUT2D eigenvalue weighted by molar-refractivity contribution is -0.156. The molecule has 0 amide bonds. The Bertz CT molecular complexity index is 366. The minimum atomic E-state index is -0.758. The zero-order chi connectivity index (χ0) is 11.6. The molecule has 1 aliphatic rings. The molecule has 1 saturated heterocycles. The first kappa shape index (κ1) is 11.4. The summed E-state index contributed by atoms with van der Waals surface area (Å²) in [7, 11) is 0. The fraction of sp³-hybridized carbons (Fsp3) is 0.500. The van der Waals surface area contributed by atoms with Gasteiger partial charge >= 0.3 is 0 Å². The van der Waals surface area contributed by atoms with Gasteiger partial charge in [0, 0.05) is 6.42 Å². The molecular weight excluding hydrogens is 208 g/mol. The summed E-state index contributed by atoms with van der Waals surface area (Å²) in [6, 6.07) is 7.10. The van der Waals surface area contributed by atoms with Crippen molar-refractivity contribution >= 4 is 0 Å². The van der Waals surface area contributed by atoms with Gasteiger partial charge in [0.05, 0.1) is 13.2 Å². The Kier molecular flexibility index (Phi) is 3.14. The lowest BCUT2D eigenvalue weighted by Crippen LogP contribution is -2.30. The normalized spacial score (nSPS) is 29.5. The summed E-state index contributed by atoms with van der Waals surface area (Å²) >= 11 is 0. The largest absolute Gasteiger partial charge is 0.508 e. The van der Waals surface area contributed by atoms with Crippen LogP contribution in [0.2, 0.25) is 0 Å². The van der Waals surface area contributed by atoms with E-state index < -0.39 is 5.79 Å². The van der Waals surface area contributed by atoms with Crippen LogP contribution in [0.5, 0.6) is 5.75 Å². The topological polar surface area (TPSA) is 58.9 Å². The Morgan fingerprint density at radius 3 is 2.81 bits per heavy atom. The van der Waals surface area contributed by atoms with E-state index in [0.29, 0.717) is 13.0 Å². The van der Waals surface area contributed by atoms with Crippen LogP contribution < -0.4 is 0 Å². The summed E-state index contributed by atoms with van der Waals surface area (Å²) in [5.41, 5.74) is 0.781. The predicted octanol–water partition coefficient (Wildman–Crippen LogP) is 1.06. The molecule has 1 aliphatic heterocycles. The zero-order valence-corrected chi connectivity index (χ0v) is 9.22. The molecule has 4 heteroatoms. The number of aliphatic hydroxyl groups is 1. The first-order valence-electron chi connectivity index (χ1n) is 5.32. The van der Waals surface area contributed by atoms with Crippen LogP contribution in [0, 0.1) is 0 Å². The Morgan fingerprint density at radius 1 is 1.44 bits per heavy atom. The minimum Gasteiger partial charge on any atom is -0.508 e. The maximum absolute atomic E-state index is 9.65. The molecule has 0 bridgehead atoms. The molecule has 0 radical (unpaired) electrons. The number of rotatable bonds is 3. The summed E-state index contributed by atoms with van der Waals surface area (Å²) in [5.74, 6) is -0.518. The maximum atomic E-state index is 9.65. The average molecular weight is 224 g/mol. The molecule has 0 aliphatic carbocycles. The van der Waals surface area contributed by atoms with Gasteiger partial charge in [-0.05, 0) is 18.6 Å². The van der Waals surface area contributed by atoms with Crippen molar-refractivity contribution in [3.05, 3.63) is 29.8 Å². The van der Waals surface area contributed by atoms with E-state index in [9.17, 15) is 5.11 Å². The standard InChI is InChI=1S/C12H16O4/c1-12(15-8-10(7-13)16-12)6-9-4-2-3-5-11(9)14/h2-5,10,13-14H,6-8H2,1H3. The van der Waals surface area contributed by atoms with Gasteiger partial charge in [-0.3, -0.25) is 0 Å². The molecule has 0 aromatic heterocycles. The first-order chi connectivity index (χ1) is 7.63. The Labute approximate surface area is 94.4 Å². The number of para-hydroxylation sites is 1. The molecule has 2 unspecified atom stereocenters. The molecule has 1 fully saturated rings. The highest BCUT2D eigenvalue weighted by molar-refractivity contribution is 5.32. The van der Waals surface area contributed by atoms with Crippen molar-refractivity contribution < 1.29 is 19.7 Å². The predicted molar refractivity (Wildman–Crippen MR) is 58.1 cm³/mol. The van der Waals surface area contributed by atoms with E-state index in [-0.39, 0.29) is 18.5 Å². The maximum Gasteiger partial charge on any atom is 0.170 e. The van der Waals surface area contributed by atoms with Crippen molar-refractivity contribution in [1.82, 2.24) is 0 Å². The van der Waals surface area contributed by atoms with Crippen LogP contribution in [-0.2, 0) is 15.9 Å². The lowest BCUT2D eigenvalue weighted by atomic mass is 10.1. The fourth-order valence-corrected chi connectivity index (χ4v) is 1.88. The molecule has 2 rings (SSSR count). The average Bonchev–Trinajstić information content (AvgIpc) is 2.64. The van der Waals surface area contributed by atoms with E-state index in [0.717, 1.165) is 5.56 Å². The van der Waals surface area contributed by atoms with Crippen LogP contribution >= 0.6 is 0 Å². The number of benzene rings is 1. The SMILES string of the molecule is CC1(Cc2ccccc2O)OCC(CO)O1. The number of hydrogen-bond acceptors (Lipinski definition) is 4. The van der Waals surface area contributed by atoms with Gasteiger partial charge in [0.15, 0.2) is 5.79 Å². The Hall–Kier alpha value is -1.10. The first-order valence-corrected chi connectivity index (χ1v) is 5.32. The van der Waals surface area contributed by atoms with Gasteiger partial charge in [0.2, 0.25) is 0 Å². The van der Waals surface area contributed by atoms with Gasteiger partial charge in [-0.15, -0.1) is 0 Å². The van der Waals surface area contributed by atoms with Gasteiger partial charge in [0.1, 0.15) is 11.9 Å². The monoisotopic (exact) mass is 224 g/mol. The summed E-state index contributed by atoms with van der Waals surface area (Å²) in [6.45, 7) is 2.16. The summed E-state index contributed by atoms with van der Waals surface area (Å²) < 4.78 is 11.1. The molecule has 2 N–H and O–H groups in total. The number of aromatic hydroxyl groups is 1. The van der Waals surface area contributed by atoms with E-state index in [4.69, 9.17) is 14.6 Å². The third-order valence-electron chi connectivity index (χ3n) is 2.70. The van der Waals surface area contributed by atoms with Crippen LogP contribution in [0.1, 0.15) is 12.5 Å². The van der Waals surface area contributed by atoms with E-state index in [1.165, 1.54) is 0 Å². The van der Waals surface area contributed by atoms with E-state index in [1.807, 2.05) is 19.1 Å². The number of aliphatic hydroxyl groups excluding tert-OH is 1. The van der Waals surface area contributed by atoms with Crippen molar-refractivity contribution in [3.8, 4) is 5.75 Å². The molecule has 0 spiro atoms. The molecular formula is C12H16O4.